The summed E-state index contributed by atoms with van der Waals surface area (Å²) in [5.74, 6) is 3.52. The number of hydrogen-bond acceptors (Lipinski definition) is 5. The maximum atomic E-state index is 5.21. The summed E-state index contributed by atoms with van der Waals surface area (Å²) in [6.45, 7) is 7.57. The highest BCUT2D eigenvalue weighted by atomic mass is 32.2. The van der Waals surface area contributed by atoms with Gasteiger partial charge in [0.1, 0.15) is 0 Å². The van der Waals surface area contributed by atoms with Crippen LogP contribution in [0.15, 0.2) is 4.52 Å². The molecule has 0 radical (unpaired) electrons. The van der Waals surface area contributed by atoms with Gasteiger partial charge in [-0.05, 0) is 32.1 Å². The fraction of sp³-hybridized carbons (Fsp3) is 0.833. The summed E-state index contributed by atoms with van der Waals surface area (Å²) in [5, 5.41) is 7.42. The van der Waals surface area contributed by atoms with Gasteiger partial charge in [0, 0.05) is 12.5 Å². The van der Waals surface area contributed by atoms with Gasteiger partial charge < -0.3 is 9.84 Å². The summed E-state index contributed by atoms with van der Waals surface area (Å²) in [4.78, 5) is 4.37. The molecule has 1 unspecified atom stereocenters. The third kappa shape index (κ3) is 6.07. The van der Waals surface area contributed by atoms with Crippen molar-refractivity contribution < 1.29 is 4.52 Å². The molecule has 1 N–H and O–H groups in total. The first-order valence-corrected chi connectivity index (χ1v) is 7.54. The smallest absolute Gasteiger partial charge is 0.226 e. The Hall–Kier alpha value is -0.550. The maximum Gasteiger partial charge on any atom is 0.226 e. The molecule has 1 rings (SSSR count). The summed E-state index contributed by atoms with van der Waals surface area (Å²) in [6, 6.07) is 0.510. The molecule has 0 bridgehead atoms. The molecule has 98 valence electrons. The number of aryl methyl sites for hydroxylation is 1. The van der Waals surface area contributed by atoms with Crippen LogP contribution in [0.3, 0.4) is 0 Å². The summed E-state index contributed by atoms with van der Waals surface area (Å²) >= 11 is 1.81. The number of rotatable bonds is 9. The van der Waals surface area contributed by atoms with Gasteiger partial charge in [0.15, 0.2) is 5.82 Å². The fourth-order valence-corrected chi connectivity index (χ4v) is 1.98. The molecule has 1 heterocycles. The van der Waals surface area contributed by atoms with Crippen LogP contribution in [0.1, 0.15) is 45.3 Å². The molecule has 4 nitrogen and oxygen atoms in total. The van der Waals surface area contributed by atoms with Crippen molar-refractivity contribution in [3.63, 3.8) is 0 Å². The Bertz CT molecular complexity index is 304. The second-order valence-corrected chi connectivity index (χ2v) is 5.41. The average molecular weight is 257 g/mol. The molecular weight excluding hydrogens is 234 g/mol. The van der Waals surface area contributed by atoms with E-state index in [1.54, 1.807) is 0 Å². The van der Waals surface area contributed by atoms with E-state index in [9.17, 15) is 0 Å². The summed E-state index contributed by atoms with van der Waals surface area (Å²) < 4.78 is 5.21. The minimum Gasteiger partial charge on any atom is -0.339 e. The van der Waals surface area contributed by atoms with Gasteiger partial charge in [0.2, 0.25) is 5.89 Å². The van der Waals surface area contributed by atoms with E-state index in [0.717, 1.165) is 42.6 Å². The Balaban J connectivity index is 2.24. The van der Waals surface area contributed by atoms with E-state index in [-0.39, 0.29) is 0 Å². The highest BCUT2D eigenvalue weighted by Crippen LogP contribution is 2.10. The number of hydrogen-bond donors (Lipinski definition) is 1. The molecule has 0 aliphatic carbocycles. The minimum atomic E-state index is 0.510. The molecule has 0 saturated heterocycles. The van der Waals surface area contributed by atoms with Crippen molar-refractivity contribution in [3.05, 3.63) is 11.7 Å². The molecule has 0 saturated carbocycles. The van der Waals surface area contributed by atoms with Crippen molar-refractivity contribution >= 4 is 11.8 Å². The Morgan fingerprint density at radius 3 is 2.94 bits per heavy atom. The van der Waals surface area contributed by atoms with Crippen LogP contribution in [0.4, 0.5) is 0 Å². The van der Waals surface area contributed by atoms with Crippen LogP contribution in [0.5, 0.6) is 0 Å². The molecule has 5 heteroatoms. The molecule has 0 aromatic carbocycles. The number of aromatic nitrogens is 2. The zero-order valence-electron chi connectivity index (χ0n) is 11.0. The van der Waals surface area contributed by atoms with Crippen LogP contribution >= 0.6 is 11.8 Å². The van der Waals surface area contributed by atoms with Crippen LogP contribution in [0.2, 0.25) is 0 Å². The zero-order valence-corrected chi connectivity index (χ0v) is 11.8. The normalized spacial score (nSPS) is 12.9. The molecule has 1 atom stereocenters. The second-order valence-electron chi connectivity index (χ2n) is 4.14. The highest BCUT2D eigenvalue weighted by molar-refractivity contribution is 7.98. The van der Waals surface area contributed by atoms with E-state index in [2.05, 4.69) is 36.2 Å². The highest BCUT2D eigenvalue weighted by Gasteiger charge is 2.08. The van der Waals surface area contributed by atoms with Crippen LogP contribution in [0.25, 0.3) is 0 Å². The van der Waals surface area contributed by atoms with E-state index in [4.69, 9.17) is 4.52 Å². The Labute approximate surface area is 108 Å². The van der Waals surface area contributed by atoms with Crippen molar-refractivity contribution in [1.29, 1.82) is 0 Å². The van der Waals surface area contributed by atoms with Gasteiger partial charge in [-0.1, -0.05) is 19.0 Å². The van der Waals surface area contributed by atoms with E-state index in [1.807, 2.05) is 11.8 Å². The van der Waals surface area contributed by atoms with Gasteiger partial charge in [-0.15, -0.1) is 0 Å². The van der Waals surface area contributed by atoms with E-state index in [1.165, 1.54) is 6.42 Å². The number of nitrogens with zero attached hydrogens (tertiary/aromatic N) is 2. The van der Waals surface area contributed by atoms with Crippen molar-refractivity contribution in [2.75, 3.05) is 12.3 Å². The minimum absolute atomic E-state index is 0.510. The van der Waals surface area contributed by atoms with Gasteiger partial charge in [-0.25, -0.2) is 0 Å². The Morgan fingerprint density at radius 1 is 1.41 bits per heavy atom. The van der Waals surface area contributed by atoms with Gasteiger partial charge in [0.25, 0.3) is 0 Å². The quantitative estimate of drug-likeness (QED) is 0.737. The lowest BCUT2D eigenvalue weighted by molar-refractivity contribution is 0.363. The molecule has 17 heavy (non-hydrogen) atoms. The third-order valence-electron chi connectivity index (χ3n) is 2.48. The fourth-order valence-electron chi connectivity index (χ4n) is 1.48. The van der Waals surface area contributed by atoms with Crippen molar-refractivity contribution in [2.24, 2.45) is 0 Å². The Morgan fingerprint density at radius 2 is 2.24 bits per heavy atom. The van der Waals surface area contributed by atoms with Gasteiger partial charge >= 0.3 is 0 Å². The summed E-state index contributed by atoms with van der Waals surface area (Å²) in [5.41, 5.74) is 0. The van der Waals surface area contributed by atoms with Crippen LogP contribution in [-0.2, 0) is 12.2 Å². The molecule has 0 aliphatic heterocycles. The van der Waals surface area contributed by atoms with Crippen molar-refractivity contribution in [3.8, 4) is 0 Å². The molecule has 1 aromatic rings. The standard InChI is InChI=1S/C12H23N3OS/c1-4-8-13-10(3)6-7-12-14-11(15-16-12)9-17-5-2/h10,13H,4-9H2,1-3H3. The molecular formula is C12H23N3OS. The molecule has 0 spiro atoms. The Kier molecular flexibility index (Phi) is 7.28. The lowest BCUT2D eigenvalue weighted by atomic mass is 10.2. The topological polar surface area (TPSA) is 51.0 Å². The average Bonchev–Trinajstić information content (AvgIpc) is 2.79. The third-order valence-corrected chi connectivity index (χ3v) is 3.35. The molecule has 0 amide bonds. The first kappa shape index (κ1) is 14.5. The van der Waals surface area contributed by atoms with E-state index in [0.29, 0.717) is 6.04 Å². The number of nitrogens with one attached hydrogen (secondary N) is 1. The summed E-state index contributed by atoms with van der Waals surface area (Å²) in [6.07, 6.45) is 3.08. The molecule has 1 aromatic heterocycles. The van der Waals surface area contributed by atoms with Gasteiger partial charge in [-0.2, -0.15) is 16.7 Å². The predicted molar refractivity (Wildman–Crippen MR) is 72.2 cm³/mol. The van der Waals surface area contributed by atoms with Crippen LogP contribution < -0.4 is 5.32 Å². The summed E-state index contributed by atoms with van der Waals surface area (Å²) in [7, 11) is 0. The van der Waals surface area contributed by atoms with Crippen molar-refractivity contribution in [2.45, 2.75) is 51.8 Å². The van der Waals surface area contributed by atoms with Crippen LogP contribution in [0, 0.1) is 0 Å². The van der Waals surface area contributed by atoms with E-state index < -0.39 is 0 Å². The maximum absolute atomic E-state index is 5.21. The molecule has 0 aliphatic rings. The molecule has 0 fully saturated rings. The first-order chi connectivity index (χ1) is 8.26. The number of thioether (sulfide) groups is 1. The zero-order chi connectivity index (χ0) is 12.5. The monoisotopic (exact) mass is 257 g/mol. The lowest BCUT2D eigenvalue weighted by Crippen LogP contribution is -2.27. The predicted octanol–water partition coefficient (Wildman–Crippen LogP) is 2.64. The first-order valence-electron chi connectivity index (χ1n) is 6.38. The SMILES string of the molecule is CCCNC(C)CCc1nc(CSCC)no1. The van der Waals surface area contributed by atoms with E-state index >= 15 is 0 Å². The van der Waals surface area contributed by atoms with Gasteiger partial charge in [-0.3, -0.25) is 0 Å². The van der Waals surface area contributed by atoms with Gasteiger partial charge in [0.05, 0.1) is 5.75 Å². The lowest BCUT2D eigenvalue weighted by Gasteiger charge is -2.10. The van der Waals surface area contributed by atoms with Crippen molar-refractivity contribution in [1.82, 2.24) is 15.5 Å². The van der Waals surface area contributed by atoms with Crippen LogP contribution in [-0.4, -0.2) is 28.5 Å². The second kappa shape index (κ2) is 8.53. The largest absolute Gasteiger partial charge is 0.339 e.